The Labute approximate surface area is 156 Å². The molecule has 1 heterocycles. The summed E-state index contributed by atoms with van der Waals surface area (Å²) < 4.78 is 11.5. The lowest BCUT2D eigenvalue weighted by atomic mass is 10.1. The highest BCUT2D eigenvalue weighted by molar-refractivity contribution is 5.94. The fraction of sp³-hybridized carbons (Fsp3) is 0.263. The summed E-state index contributed by atoms with van der Waals surface area (Å²) in [5.41, 5.74) is 2.45. The second kappa shape index (κ2) is 12.1. The molecule has 0 saturated carbocycles. The number of aromatic nitrogens is 1. The fourth-order valence-electron chi connectivity index (χ4n) is 2.18. The van der Waals surface area contributed by atoms with Crippen LogP contribution in [0.15, 0.2) is 48.8 Å². The van der Waals surface area contributed by atoms with Crippen LogP contribution in [0.25, 0.3) is 0 Å². The molecule has 8 heteroatoms. The molecular weight excluding hydrogens is 353 g/mol. The minimum atomic E-state index is -1.04. The quantitative estimate of drug-likeness (QED) is 0.725. The predicted molar refractivity (Wildman–Crippen MR) is 97.2 cm³/mol. The van der Waals surface area contributed by atoms with Gasteiger partial charge in [0.2, 0.25) is 6.41 Å². The number of aryl methyl sites for hydroxylation is 1. The highest BCUT2D eigenvalue weighted by atomic mass is 19.3. The first-order valence-electron chi connectivity index (χ1n) is 8.27. The molecule has 1 aromatic heterocycles. The summed E-state index contributed by atoms with van der Waals surface area (Å²) in [5.74, 6) is -1.04. The van der Waals surface area contributed by atoms with Crippen molar-refractivity contribution in [2.24, 2.45) is 0 Å². The second-order valence-corrected chi connectivity index (χ2v) is 5.51. The molecule has 2 N–H and O–H groups in total. The van der Waals surface area contributed by atoms with E-state index >= 15 is 0 Å². The number of pyridine rings is 1. The van der Waals surface area contributed by atoms with Crippen molar-refractivity contribution in [2.75, 3.05) is 6.54 Å². The van der Waals surface area contributed by atoms with E-state index in [9.17, 15) is 18.9 Å². The number of amides is 2. The summed E-state index contributed by atoms with van der Waals surface area (Å²) >= 11 is 0. The number of hydrogen-bond acceptors (Lipinski definition) is 5. The van der Waals surface area contributed by atoms with Gasteiger partial charge in [-0.25, -0.2) is 4.79 Å². The van der Waals surface area contributed by atoms with E-state index in [1.807, 2.05) is 38.1 Å². The van der Waals surface area contributed by atoms with Gasteiger partial charge in [-0.05, 0) is 37.6 Å². The van der Waals surface area contributed by atoms with Gasteiger partial charge in [0, 0.05) is 29.0 Å². The van der Waals surface area contributed by atoms with Crippen LogP contribution in [0.2, 0.25) is 0 Å². The van der Waals surface area contributed by atoms with Crippen molar-refractivity contribution in [3.63, 3.8) is 0 Å². The Kier molecular flexibility index (Phi) is 9.77. The number of hydrogen-bond donors (Lipinski definition) is 2. The fourth-order valence-corrected chi connectivity index (χ4v) is 2.18. The topological polar surface area (TPSA) is 97.4 Å². The molecule has 1 atom stereocenters. The van der Waals surface area contributed by atoms with E-state index in [1.165, 1.54) is 6.20 Å². The third kappa shape index (κ3) is 8.08. The zero-order valence-corrected chi connectivity index (χ0v) is 15.1. The molecular formula is C19H22FN3O4. The Bertz CT molecular complexity index is 741. The minimum Gasteiger partial charge on any atom is -0.352 e. The van der Waals surface area contributed by atoms with E-state index in [1.54, 1.807) is 18.3 Å². The first kappa shape index (κ1) is 21.8. The molecule has 1 aromatic carbocycles. The van der Waals surface area contributed by atoms with Gasteiger partial charge in [-0.15, -0.1) is 0 Å². The van der Waals surface area contributed by atoms with Crippen molar-refractivity contribution in [1.29, 1.82) is 0 Å². The van der Waals surface area contributed by atoms with Crippen LogP contribution < -0.4 is 10.6 Å². The lowest BCUT2D eigenvalue weighted by Gasteiger charge is -2.13. The SMILES string of the molecule is CCNC(=O)c1cccc(C)c1.O=CNC(CC(=O)OF)c1cccnc1. The lowest BCUT2D eigenvalue weighted by molar-refractivity contribution is -0.184. The summed E-state index contributed by atoms with van der Waals surface area (Å²) in [4.78, 5) is 39.1. The normalized spacial score (nSPS) is 10.6. The predicted octanol–water partition coefficient (Wildman–Crippen LogP) is 2.43. The van der Waals surface area contributed by atoms with Gasteiger partial charge in [0.05, 0.1) is 12.5 Å². The number of halogens is 1. The second-order valence-electron chi connectivity index (χ2n) is 5.51. The maximum atomic E-state index is 11.5. The molecule has 144 valence electrons. The Morgan fingerprint density at radius 2 is 2.07 bits per heavy atom. The highest BCUT2D eigenvalue weighted by Gasteiger charge is 2.16. The van der Waals surface area contributed by atoms with Crippen molar-refractivity contribution in [3.05, 3.63) is 65.5 Å². The van der Waals surface area contributed by atoms with Crippen molar-refractivity contribution in [3.8, 4) is 0 Å². The summed E-state index contributed by atoms with van der Waals surface area (Å²) in [6.07, 6.45) is 3.19. The van der Waals surface area contributed by atoms with Gasteiger partial charge in [0.1, 0.15) is 0 Å². The van der Waals surface area contributed by atoms with Crippen LogP contribution in [-0.2, 0) is 14.5 Å². The van der Waals surface area contributed by atoms with E-state index in [-0.39, 0.29) is 12.3 Å². The Morgan fingerprint density at radius 3 is 2.63 bits per heavy atom. The zero-order chi connectivity index (χ0) is 20.1. The number of carbonyl (C=O) groups excluding carboxylic acids is 3. The molecule has 0 aliphatic rings. The number of rotatable bonds is 7. The number of carbonyl (C=O) groups is 3. The van der Waals surface area contributed by atoms with Gasteiger partial charge in [0.15, 0.2) is 0 Å². The third-order valence-corrected chi connectivity index (χ3v) is 3.43. The molecule has 1 unspecified atom stereocenters. The molecule has 27 heavy (non-hydrogen) atoms. The van der Waals surface area contributed by atoms with E-state index in [0.29, 0.717) is 18.5 Å². The summed E-state index contributed by atoms with van der Waals surface area (Å²) in [6, 6.07) is 10.3. The molecule has 0 bridgehead atoms. The van der Waals surface area contributed by atoms with E-state index in [4.69, 9.17) is 0 Å². The molecule has 2 amide bonds. The van der Waals surface area contributed by atoms with Crippen LogP contribution in [0.3, 0.4) is 0 Å². The Hall–Kier alpha value is -3.29. The first-order valence-corrected chi connectivity index (χ1v) is 8.27. The smallest absolute Gasteiger partial charge is 0.351 e. The molecule has 2 rings (SSSR count). The molecule has 0 fully saturated rings. The first-order chi connectivity index (χ1) is 13.0. The number of benzene rings is 1. The van der Waals surface area contributed by atoms with Crippen LogP contribution >= 0.6 is 0 Å². The van der Waals surface area contributed by atoms with Crippen molar-refractivity contribution in [2.45, 2.75) is 26.3 Å². The van der Waals surface area contributed by atoms with Crippen LogP contribution in [0.5, 0.6) is 0 Å². The van der Waals surface area contributed by atoms with Crippen molar-refractivity contribution in [1.82, 2.24) is 15.6 Å². The third-order valence-electron chi connectivity index (χ3n) is 3.43. The summed E-state index contributed by atoms with van der Waals surface area (Å²) in [7, 11) is 0. The lowest BCUT2D eigenvalue weighted by Crippen LogP contribution is -2.22. The van der Waals surface area contributed by atoms with Crippen LogP contribution in [0, 0.1) is 6.92 Å². The number of nitrogens with one attached hydrogen (secondary N) is 2. The molecule has 7 nitrogen and oxygen atoms in total. The maximum Gasteiger partial charge on any atom is 0.351 e. The van der Waals surface area contributed by atoms with Gasteiger partial charge in [-0.2, -0.15) is 0 Å². The van der Waals surface area contributed by atoms with E-state index < -0.39 is 12.0 Å². The standard InChI is InChI=1S/C10H13NO.C9H9FN2O3/c1-3-11-10(12)9-6-4-5-8(2)7-9;10-15-9(14)4-8(12-6-13)7-2-1-3-11-5-7/h4-7H,3H2,1-2H3,(H,11,12);1-3,5-6,8H,4H2,(H,12,13). The van der Waals surface area contributed by atoms with Gasteiger partial charge in [-0.1, -0.05) is 23.8 Å². The summed E-state index contributed by atoms with van der Waals surface area (Å²) in [5, 5.41) is 5.13. The van der Waals surface area contributed by atoms with Gasteiger partial charge in [-0.3, -0.25) is 19.5 Å². The largest absolute Gasteiger partial charge is 0.352 e. The van der Waals surface area contributed by atoms with Gasteiger partial charge in [0.25, 0.3) is 5.91 Å². The molecule has 0 saturated heterocycles. The highest BCUT2D eigenvalue weighted by Crippen LogP contribution is 2.15. The van der Waals surface area contributed by atoms with Gasteiger partial charge < -0.3 is 10.6 Å². The maximum absolute atomic E-state index is 11.5. The summed E-state index contributed by atoms with van der Waals surface area (Å²) in [6.45, 7) is 4.56. The van der Waals surface area contributed by atoms with E-state index in [2.05, 4.69) is 20.6 Å². The molecule has 0 aliphatic heterocycles. The van der Waals surface area contributed by atoms with E-state index in [0.717, 1.165) is 11.1 Å². The van der Waals surface area contributed by atoms with Crippen LogP contribution in [0.1, 0.15) is 40.9 Å². The molecule has 0 radical (unpaired) electrons. The number of nitrogens with zero attached hydrogens (tertiary/aromatic N) is 1. The molecule has 0 spiro atoms. The average molecular weight is 375 g/mol. The minimum absolute atomic E-state index is 0.00111. The average Bonchev–Trinajstić information content (AvgIpc) is 2.69. The van der Waals surface area contributed by atoms with Crippen LogP contribution in [-0.4, -0.2) is 29.8 Å². The molecule has 0 aliphatic carbocycles. The zero-order valence-electron chi connectivity index (χ0n) is 15.1. The van der Waals surface area contributed by atoms with Crippen molar-refractivity contribution < 1.29 is 23.9 Å². The van der Waals surface area contributed by atoms with Gasteiger partial charge >= 0.3 is 5.97 Å². The Balaban J connectivity index is 0.000000277. The monoisotopic (exact) mass is 375 g/mol. The van der Waals surface area contributed by atoms with Crippen molar-refractivity contribution >= 4 is 18.3 Å². The van der Waals surface area contributed by atoms with Crippen LogP contribution in [0.4, 0.5) is 4.53 Å². The molecule has 2 aromatic rings. The Morgan fingerprint density at radius 1 is 1.30 bits per heavy atom.